The zero-order valence-corrected chi connectivity index (χ0v) is 12.7. The first-order valence-electron chi connectivity index (χ1n) is 6.04. The molecule has 0 saturated carbocycles. The molecule has 0 aliphatic heterocycles. The maximum absolute atomic E-state index is 5.96. The normalized spacial score (nSPS) is 11.2. The van der Waals surface area contributed by atoms with Crippen molar-refractivity contribution in [3.05, 3.63) is 62.6 Å². The van der Waals surface area contributed by atoms with Crippen LogP contribution in [0.2, 0.25) is 10.0 Å². The van der Waals surface area contributed by atoms with Gasteiger partial charge in [0.05, 0.1) is 5.69 Å². The molecule has 0 N–H and O–H groups in total. The highest BCUT2D eigenvalue weighted by molar-refractivity contribution is 6.35. The molecule has 0 atom stereocenters. The van der Waals surface area contributed by atoms with E-state index >= 15 is 0 Å². The second-order valence-electron chi connectivity index (χ2n) is 4.70. The van der Waals surface area contributed by atoms with E-state index in [0.717, 1.165) is 11.3 Å². The second kappa shape index (κ2) is 5.77. The van der Waals surface area contributed by atoms with Crippen LogP contribution in [0.5, 0.6) is 0 Å². The Morgan fingerprint density at radius 2 is 1.37 bits per heavy atom. The largest absolute Gasteiger partial charge is 0.256 e. The summed E-state index contributed by atoms with van der Waals surface area (Å²) in [6, 6.07) is 9.59. The van der Waals surface area contributed by atoms with E-state index in [1.54, 1.807) is 18.2 Å². The molecule has 0 radical (unpaired) electrons. The Morgan fingerprint density at radius 1 is 0.842 bits per heavy atom. The summed E-state index contributed by atoms with van der Waals surface area (Å²) in [5.41, 5.74) is 5.60. The van der Waals surface area contributed by atoms with Gasteiger partial charge in [0.15, 0.2) is 0 Å². The second-order valence-corrected chi connectivity index (χ2v) is 5.57. The van der Waals surface area contributed by atoms with Crippen LogP contribution < -0.4 is 0 Å². The lowest BCUT2D eigenvalue weighted by molar-refractivity contribution is 1.30. The fourth-order valence-electron chi connectivity index (χ4n) is 2.15. The topological polar surface area (TPSA) is 12.4 Å². The van der Waals surface area contributed by atoms with Crippen LogP contribution in [0.25, 0.3) is 0 Å². The molecule has 0 unspecified atom stereocenters. The van der Waals surface area contributed by atoms with Crippen molar-refractivity contribution >= 4 is 35.1 Å². The third-order valence-electron chi connectivity index (χ3n) is 2.93. The molecule has 2 aromatic rings. The van der Waals surface area contributed by atoms with Gasteiger partial charge in [-0.05, 0) is 55.7 Å². The minimum absolute atomic E-state index is 0.594. The van der Waals surface area contributed by atoms with E-state index in [1.807, 2.05) is 6.21 Å². The van der Waals surface area contributed by atoms with Gasteiger partial charge < -0.3 is 0 Å². The smallest absolute Gasteiger partial charge is 0.0659 e. The molecule has 0 heterocycles. The molecule has 19 heavy (non-hydrogen) atoms. The van der Waals surface area contributed by atoms with Crippen molar-refractivity contribution in [2.24, 2.45) is 4.99 Å². The highest BCUT2D eigenvalue weighted by Gasteiger charge is 2.01. The summed E-state index contributed by atoms with van der Waals surface area (Å²) in [6.45, 7) is 6.27. The van der Waals surface area contributed by atoms with Crippen molar-refractivity contribution in [1.29, 1.82) is 0 Å². The van der Waals surface area contributed by atoms with Crippen molar-refractivity contribution in [3.63, 3.8) is 0 Å². The molecule has 0 aliphatic rings. The minimum Gasteiger partial charge on any atom is -0.256 e. The summed E-state index contributed by atoms with van der Waals surface area (Å²) in [4.78, 5) is 4.46. The first-order valence-corrected chi connectivity index (χ1v) is 6.79. The number of aryl methyl sites for hydroxylation is 3. The molecule has 3 heteroatoms. The van der Waals surface area contributed by atoms with Crippen LogP contribution in [-0.2, 0) is 0 Å². The summed E-state index contributed by atoms with van der Waals surface area (Å²) in [5.74, 6) is 0. The van der Waals surface area contributed by atoms with Gasteiger partial charge in [-0.2, -0.15) is 0 Å². The highest BCUT2D eigenvalue weighted by atomic mass is 35.5. The monoisotopic (exact) mass is 291 g/mol. The van der Waals surface area contributed by atoms with Gasteiger partial charge in [0, 0.05) is 16.3 Å². The quantitative estimate of drug-likeness (QED) is 0.632. The number of halogens is 2. The Kier molecular flexibility index (Phi) is 4.28. The van der Waals surface area contributed by atoms with Crippen molar-refractivity contribution in [3.8, 4) is 0 Å². The van der Waals surface area contributed by atoms with E-state index in [4.69, 9.17) is 23.2 Å². The van der Waals surface area contributed by atoms with Gasteiger partial charge in [0.2, 0.25) is 0 Å². The Balaban J connectivity index is 2.38. The van der Waals surface area contributed by atoms with Crippen LogP contribution in [0, 0.1) is 20.8 Å². The predicted octanol–water partition coefficient (Wildman–Crippen LogP) is 5.67. The zero-order valence-electron chi connectivity index (χ0n) is 11.2. The Labute approximate surface area is 123 Å². The molecule has 0 bridgehead atoms. The summed E-state index contributed by atoms with van der Waals surface area (Å²) in [7, 11) is 0. The van der Waals surface area contributed by atoms with E-state index in [0.29, 0.717) is 10.0 Å². The molecule has 2 aromatic carbocycles. The molecule has 0 aromatic heterocycles. The van der Waals surface area contributed by atoms with E-state index in [-0.39, 0.29) is 0 Å². The third kappa shape index (κ3) is 3.59. The summed E-state index contributed by atoms with van der Waals surface area (Å²) in [6.07, 6.45) is 1.87. The lowest BCUT2D eigenvalue weighted by Crippen LogP contribution is -1.93. The Morgan fingerprint density at radius 3 is 1.89 bits per heavy atom. The highest BCUT2D eigenvalue weighted by Crippen LogP contribution is 2.25. The predicted molar refractivity (Wildman–Crippen MR) is 84.4 cm³/mol. The first-order chi connectivity index (χ1) is 8.95. The van der Waals surface area contributed by atoms with Gasteiger partial charge in [-0.3, -0.25) is 4.99 Å². The van der Waals surface area contributed by atoms with Crippen LogP contribution >= 0.6 is 23.2 Å². The van der Waals surface area contributed by atoms with Gasteiger partial charge in [-0.1, -0.05) is 40.9 Å². The number of hydrogen-bond donors (Lipinski definition) is 0. The lowest BCUT2D eigenvalue weighted by Gasteiger charge is -2.06. The molecule has 1 nitrogen and oxygen atoms in total. The number of rotatable bonds is 2. The maximum atomic E-state index is 5.96. The van der Waals surface area contributed by atoms with Crippen LogP contribution in [0.4, 0.5) is 5.69 Å². The number of nitrogens with zero attached hydrogens (tertiary/aromatic N) is 1. The van der Waals surface area contributed by atoms with E-state index in [2.05, 4.69) is 37.9 Å². The number of aliphatic imine (C=N–C) groups is 1. The van der Waals surface area contributed by atoms with E-state index in [9.17, 15) is 0 Å². The van der Waals surface area contributed by atoms with Crippen molar-refractivity contribution < 1.29 is 0 Å². The molecular formula is C16H15Cl2N. The molecule has 0 fully saturated rings. The van der Waals surface area contributed by atoms with Crippen molar-refractivity contribution in [1.82, 2.24) is 0 Å². The van der Waals surface area contributed by atoms with Crippen LogP contribution in [-0.4, -0.2) is 6.21 Å². The SMILES string of the molecule is Cc1cc(C)c(C=Nc2cc(Cl)cc(Cl)c2)c(C)c1. The average molecular weight is 292 g/mol. The van der Waals surface area contributed by atoms with Gasteiger partial charge >= 0.3 is 0 Å². The third-order valence-corrected chi connectivity index (χ3v) is 3.36. The molecule has 0 amide bonds. The zero-order chi connectivity index (χ0) is 14.0. The fourth-order valence-corrected chi connectivity index (χ4v) is 2.66. The van der Waals surface area contributed by atoms with Crippen molar-refractivity contribution in [2.45, 2.75) is 20.8 Å². The minimum atomic E-state index is 0.594. The Bertz CT molecular complexity index is 602. The molecular weight excluding hydrogens is 277 g/mol. The molecule has 0 spiro atoms. The van der Waals surface area contributed by atoms with Crippen LogP contribution in [0.3, 0.4) is 0 Å². The lowest BCUT2D eigenvalue weighted by atomic mass is 10.0. The van der Waals surface area contributed by atoms with Gasteiger partial charge in [0.25, 0.3) is 0 Å². The standard InChI is InChI=1S/C16H15Cl2N/c1-10-4-11(2)16(12(3)5-10)9-19-15-7-13(17)6-14(18)8-15/h4-9H,1-3H3. The number of benzene rings is 2. The molecule has 98 valence electrons. The summed E-state index contributed by atoms with van der Waals surface area (Å²) < 4.78 is 0. The van der Waals surface area contributed by atoms with Crippen molar-refractivity contribution in [2.75, 3.05) is 0 Å². The van der Waals surface area contributed by atoms with Crippen LogP contribution in [0.15, 0.2) is 35.3 Å². The Hall–Kier alpha value is -1.31. The molecule has 0 aliphatic carbocycles. The van der Waals surface area contributed by atoms with E-state index in [1.165, 1.54) is 16.7 Å². The fraction of sp³-hybridized carbons (Fsp3) is 0.188. The van der Waals surface area contributed by atoms with Gasteiger partial charge in [-0.25, -0.2) is 0 Å². The maximum Gasteiger partial charge on any atom is 0.0659 e. The van der Waals surface area contributed by atoms with Gasteiger partial charge in [0.1, 0.15) is 0 Å². The summed E-state index contributed by atoms with van der Waals surface area (Å²) >= 11 is 11.9. The number of hydrogen-bond acceptors (Lipinski definition) is 1. The first kappa shape index (κ1) is 14.1. The van der Waals surface area contributed by atoms with Crippen LogP contribution in [0.1, 0.15) is 22.3 Å². The molecule has 2 rings (SSSR count). The van der Waals surface area contributed by atoms with Gasteiger partial charge in [-0.15, -0.1) is 0 Å². The van der Waals surface area contributed by atoms with E-state index < -0.39 is 0 Å². The summed E-state index contributed by atoms with van der Waals surface area (Å²) in [5, 5.41) is 1.19. The average Bonchev–Trinajstić information content (AvgIpc) is 2.25. The molecule has 0 saturated heterocycles.